The Labute approximate surface area is 97.8 Å². The average Bonchev–Trinajstić information content (AvgIpc) is 2.29. The van der Waals surface area contributed by atoms with Gasteiger partial charge in [0, 0.05) is 5.56 Å². The summed E-state index contributed by atoms with van der Waals surface area (Å²) >= 11 is 5.86. The maximum atomic E-state index is 11.3. The zero-order chi connectivity index (χ0) is 12.1. The Morgan fingerprint density at radius 3 is 2.75 bits per heavy atom. The summed E-state index contributed by atoms with van der Waals surface area (Å²) in [5.74, 6) is -0.492. The Morgan fingerprint density at radius 2 is 2.19 bits per heavy atom. The van der Waals surface area contributed by atoms with Gasteiger partial charge in [-0.2, -0.15) is 0 Å². The molecule has 1 aromatic carbocycles. The molecule has 0 fully saturated rings. The lowest BCUT2D eigenvalue weighted by Crippen LogP contribution is -2.04. The largest absolute Gasteiger partial charge is 0.465 e. The maximum Gasteiger partial charge on any atom is 0.337 e. The third-order valence-electron chi connectivity index (χ3n) is 1.88. The van der Waals surface area contributed by atoms with Crippen molar-refractivity contribution < 1.29 is 14.4 Å². The van der Waals surface area contributed by atoms with Crippen LogP contribution in [0.3, 0.4) is 0 Å². The number of rotatable bonds is 3. The number of nitrogens with zero attached hydrogens (tertiary/aromatic N) is 1. The molecule has 0 saturated carbocycles. The summed E-state index contributed by atoms with van der Waals surface area (Å²) in [7, 11) is 2.69. The fourth-order valence-electron chi connectivity index (χ4n) is 1.09. The summed E-state index contributed by atoms with van der Waals surface area (Å²) in [5.41, 5.74) is 6.83. The SMILES string of the molecule is CO/N=C/c1cc(C(=O)OC)cc(Cl)c1N. The van der Waals surface area contributed by atoms with Gasteiger partial charge >= 0.3 is 5.97 Å². The van der Waals surface area contributed by atoms with Gasteiger partial charge in [0.05, 0.1) is 29.6 Å². The van der Waals surface area contributed by atoms with Crippen molar-refractivity contribution >= 4 is 29.5 Å². The Balaban J connectivity index is 3.21. The average molecular weight is 243 g/mol. The molecule has 1 rings (SSSR count). The van der Waals surface area contributed by atoms with Crippen LogP contribution < -0.4 is 5.73 Å². The van der Waals surface area contributed by atoms with Crippen molar-refractivity contribution in [1.29, 1.82) is 0 Å². The lowest BCUT2D eigenvalue weighted by molar-refractivity contribution is 0.0600. The zero-order valence-electron chi connectivity index (χ0n) is 8.86. The first-order valence-electron chi connectivity index (χ1n) is 4.34. The second kappa shape index (κ2) is 5.37. The fraction of sp³-hybridized carbons (Fsp3) is 0.200. The number of halogens is 1. The summed E-state index contributed by atoms with van der Waals surface area (Å²) in [6.45, 7) is 0. The van der Waals surface area contributed by atoms with E-state index in [0.29, 0.717) is 16.8 Å². The van der Waals surface area contributed by atoms with Crippen LogP contribution in [0.2, 0.25) is 5.02 Å². The molecule has 5 nitrogen and oxygen atoms in total. The monoisotopic (exact) mass is 242 g/mol. The fourth-order valence-corrected chi connectivity index (χ4v) is 1.32. The Morgan fingerprint density at radius 1 is 1.50 bits per heavy atom. The topological polar surface area (TPSA) is 73.9 Å². The van der Waals surface area contributed by atoms with Gasteiger partial charge in [-0.3, -0.25) is 0 Å². The van der Waals surface area contributed by atoms with Crippen LogP contribution in [0.25, 0.3) is 0 Å². The number of nitrogens with two attached hydrogens (primary N) is 1. The number of esters is 1. The van der Waals surface area contributed by atoms with Crippen molar-refractivity contribution in [3.05, 3.63) is 28.3 Å². The molecule has 0 bridgehead atoms. The summed E-state index contributed by atoms with van der Waals surface area (Å²) in [6.07, 6.45) is 1.37. The zero-order valence-corrected chi connectivity index (χ0v) is 9.62. The van der Waals surface area contributed by atoms with Crippen molar-refractivity contribution in [3.8, 4) is 0 Å². The molecule has 0 aromatic heterocycles. The molecular weight excluding hydrogens is 232 g/mol. The molecule has 0 heterocycles. The van der Waals surface area contributed by atoms with Crippen LogP contribution in [-0.2, 0) is 9.57 Å². The third-order valence-corrected chi connectivity index (χ3v) is 2.19. The number of benzene rings is 1. The number of methoxy groups -OCH3 is 1. The van der Waals surface area contributed by atoms with E-state index >= 15 is 0 Å². The number of carbonyl (C=O) groups excluding carboxylic acids is 1. The van der Waals surface area contributed by atoms with Crippen molar-refractivity contribution in [2.75, 3.05) is 20.0 Å². The van der Waals surface area contributed by atoms with E-state index in [9.17, 15) is 4.79 Å². The molecule has 0 amide bonds. The molecule has 0 saturated heterocycles. The van der Waals surface area contributed by atoms with E-state index < -0.39 is 5.97 Å². The molecule has 0 atom stereocenters. The molecule has 16 heavy (non-hydrogen) atoms. The van der Waals surface area contributed by atoms with Crippen LogP contribution in [0, 0.1) is 0 Å². The number of ether oxygens (including phenoxy) is 1. The smallest absolute Gasteiger partial charge is 0.337 e. The first kappa shape index (κ1) is 12.3. The van der Waals surface area contributed by atoms with Crippen LogP contribution in [0.1, 0.15) is 15.9 Å². The number of hydrogen-bond acceptors (Lipinski definition) is 5. The van der Waals surface area contributed by atoms with Crippen molar-refractivity contribution in [2.24, 2.45) is 5.16 Å². The lowest BCUT2D eigenvalue weighted by Gasteiger charge is -2.06. The molecule has 0 aliphatic rings. The minimum absolute atomic E-state index is 0.264. The van der Waals surface area contributed by atoms with Gasteiger partial charge in [0.2, 0.25) is 0 Å². The van der Waals surface area contributed by atoms with Gasteiger partial charge in [-0.05, 0) is 12.1 Å². The number of anilines is 1. The van der Waals surface area contributed by atoms with Crippen LogP contribution >= 0.6 is 11.6 Å². The molecule has 6 heteroatoms. The summed E-state index contributed by atoms with van der Waals surface area (Å²) in [5, 5.41) is 3.82. The normalized spacial score (nSPS) is 10.4. The summed E-state index contributed by atoms with van der Waals surface area (Å²) in [6, 6.07) is 2.96. The van der Waals surface area contributed by atoms with Gasteiger partial charge in [0.15, 0.2) is 0 Å². The van der Waals surface area contributed by atoms with E-state index in [1.165, 1.54) is 32.6 Å². The Kier molecular flexibility index (Phi) is 4.13. The minimum Gasteiger partial charge on any atom is -0.465 e. The standard InChI is InChI=1S/C10H11ClN2O3/c1-15-10(14)6-3-7(5-13-16-2)9(12)8(11)4-6/h3-5H,12H2,1-2H3/b13-5+. The van der Waals surface area contributed by atoms with E-state index in [0.717, 1.165) is 0 Å². The second-order valence-corrected chi connectivity index (χ2v) is 3.28. The Hall–Kier alpha value is -1.75. The number of carbonyl (C=O) groups is 1. The van der Waals surface area contributed by atoms with Gasteiger partial charge in [-0.25, -0.2) is 4.79 Å². The lowest BCUT2D eigenvalue weighted by atomic mass is 10.1. The van der Waals surface area contributed by atoms with E-state index in [1.807, 2.05) is 0 Å². The predicted molar refractivity (Wildman–Crippen MR) is 61.8 cm³/mol. The highest BCUT2D eigenvalue weighted by Crippen LogP contribution is 2.24. The molecule has 0 spiro atoms. The molecule has 0 aliphatic heterocycles. The molecule has 0 radical (unpaired) electrons. The summed E-state index contributed by atoms with van der Waals surface area (Å²) in [4.78, 5) is 15.8. The van der Waals surface area contributed by atoms with E-state index in [2.05, 4.69) is 14.7 Å². The van der Waals surface area contributed by atoms with E-state index in [-0.39, 0.29) is 5.02 Å². The predicted octanol–water partition coefficient (Wildman–Crippen LogP) is 1.69. The highest BCUT2D eigenvalue weighted by molar-refractivity contribution is 6.34. The van der Waals surface area contributed by atoms with E-state index in [4.69, 9.17) is 17.3 Å². The van der Waals surface area contributed by atoms with Crippen LogP contribution in [0.4, 0.5) is 5.69 Å². The molecule has 1 aromatic rings. The van der Waals surface area contributed by atoms with Gasteiger partial charge in [0.25, 0.3) is 0 Å². The number of hydrogen-bond donors (Lipinski definition) is 1. The molecular formula is C10H11ClN2O3. The summed E-state index contributed by atoms with van der Waals surface area (Å²) < 4.78 is 4.58. The molecule has 0 unspecified atom stereocenters. The third kappa shape index (κ3) is 2.64. The van der Waals surface area contributed by atoms with E-state index in [1.54, 1.807) is 0 Å². The molecule has 2 N–H and O–H groups in total. The number of nitrogen functional groups attached to an aromatic ring is 1. The quantitative estimate of drug-likeness (QED) is 0.379. The van der Waals surface area contributed by atoms with Crippen molar-refractivity contribution in [2.45, 2.75) is 0 Å². The van der Waals surface area contributed by atoms with Gasteiger partial charge in [-0.1, -0.05) is 16.8 Å². The molecule has 0 aliphatic carbocycles. The highest BCUT2D eigenvalue weighted by Gasteiger charge is 2.11. The highest BCUT2D eigenvalue weighted by atomic mass is 35.5. The first-order valence-corrected chi connectivity index (χ1v) is 4.71. The van der Waals surface area contributed by atoms with Crippen LogP contribution in [0.5, 0.6) is 0 Å². The van der Waals surface area contributed by atoms with Gasteiger partial charge < -0.3 is 15.3 Å². The van der Waals surface area contributed by atoms with Gasteiger partial charge in [-0.15, -0.1) is 0 Å². The van der Waals surface area contributed by atoms with Crippen LogP contribution in [-0.4, -0.2) is 26.4 Å². The maximum absolute atomic E-state index is 11.3. The first-order chi connectivity index (χ1) is 7.60. The van der Waals surface area contributed by atoms with Gasteiger partial charge in [0.1, 0.15) is 7.11 Å². The van der Waals surface area contributed by atoms with Crippen molar-refractivity contribution in [1.82, 2.24) is 0 Å². The second-order valence-electron chi connectivity index (χ2n) is 2.87. The number of oxime groups is 1. The minimum atomic E-state index is -0.492. The van der Waals surface area contributed by atoms with Crippen molar-refractivity contribution in [3.63, 3.8) is 0 Å². The Bertz CT molecular complexity index is 432. The van der Waals surface area contributed by atoms with Crippen LogP contribution in [0.15, 0.2) is 17.3 Å². The molecule has 86 valence electrons.